The molecule has 0 saturated carbocycles. The highest BCUT2D eigenvalue weighted by Gasteiger charge is 2.35. The van der Waals surface area contributed by atoms with E-state index >= 15 is 4.39 Å². The molecule has 1 amide bonds. The van der Waals surface area contributed by atoms with Gasteiger partial charge in [0.25, 0.3) is 5.92 Å². The third-order valence-corrected chi connectivity index (χ3v) is 6.97. The minimum atomic E-state index is -3.51. The van der Waals surface area contributed by atoms with E-state index in [1.165, 1.54) is 24.0 Å². The van der Waals surface area contributed by atoms with Crippen LogP contribution in [0.5, 0.6) is 5.75 Å². The first kappa shape index (κ1) is 27.8. The van der Waals surface area contributed by atoms with Crippen LogP contribution in [0, 0.1) is 18.6 Å². The summed E-state index contributed by atoms with van der Waals surface area (Å²) in [6.45, 7) is 3.94. The van der Waals surface area contributed by atoms with E-state index in [4.69, 9.17) is 0 Å². The Labute approximate surface area is 230 Å². The number of phenols is 1. The number of phenolic OH excluding ortho intramolecular Hbond substituents is 1. The van der Waals surface area contributed by atoms with Gasteiger partial charge >= 0.3 is 11.8 Å². The van der Waals surface area contributed by atoms with Crippen LogP contribution in [0.2, 0.25) is 0 Å². The number of aromatic nitrogens is 4. The van der Waals surface area contributed by atoms with Crippen LogP contribution in [0.25, 0.3) is 28.0 Å². The first-order valence-corrected chi connectivity index (χ1v) is 12.5. The molecule has 1 aliphatic heterocycles. The maximum atomic E-state index is 15.7. The monoisotopic (exact) mass is 572 g/mol. The Morgan fingerprint density at radius 1 is 1.12 bits per heavy atom. The van der Waals surface area contributed by atoms with Crippen LogP contribution >= 0.6 is 0 Å². The molecule has 1 aliphatic rings. The van der Waals surface area contributed by atoms with E-state index in [1.54, 1.807) is 11.8 Å². The normalized spacial score (nSPS) is 15.9. The number of carboxylic acid groups (broad SMARTS) is 1. The van der Waals surface area contributed by atoms with Crippen molar-refractivity contribution in [1.82, 2.24) is 24.4 Å². The highest BCUT2D eigenvalue weighted by atomic mass is 19.3. The summed E-state index contributed by atoms with van der Waals surface area (Å²) in [6.07, 6.45) is 0.0204. The number of halogens is 4. The van der Waals surface area contributed by atoms with Crippen molar-refractivity contribution in [2.24, 2.45) is 0 Å². The maximum Gasteiger partial charge on any atom is 0.407 e. The summed E-state index contributed by atoms with van der Waals surface area (Å²) in [5, 5.41) is 19.7. The Morgan fingerprint density at radius 2 is 1.85 bits per heavy atom. The molecule has 1 fully saturated rings. The fourth-order valence-electron chi connectivity index (χ4n) is 5.05. The molecule has 2 N–H and O–H groups in total. The summed E-state index contributed by atoms with van der Waals surface area (Å²) in [7, 11) is 0. The Balaban J connectivity index is 1.87. The molecule has 0 radical (unpaired) electrons. The number of piperazine rings is 1. The molecular formula is C27H24F4N6O4. The number of nitrogens with zero attached hydrogens (tertiary/aromatic N) is 6. The van der Waals surface area contributed by atoms with Gasteiger partial charge in [-0.05, 0) is 43.7 Å². The number of benzene rings is 1. The average Bonchev–Trinajstić information content (AvgIpc) is 2.88. The molecular weight excluding hydrogens is 548 g/mol. The van der Waals surface area contributed by atoms with Gasteiger partial charge in [-0.15, -0.1) is 0 Å². The number of alkyl halides is 2. The average molecular weight is 573 g/mol. The second kappa shape index (κ2) is 10.0. The lowest BCUT2D eigenvalue weighted by Crippen LogP contribution is -2.54. The highest BCUT2D eigenvalue weighted by Crippen LogP contribution is 2.37. The van der Waals surface area contributed by atoms with Gasteiger partial charge in [0.15, 0.2) is 11.5 Å². The Kier molecular flexibility index (Phi) is 6.79. The van der Waals surface area contributed by atoms with E-state index in [2.05, 4.69) is 15.0 Å². The van der Waals surface area contributed by atoms with Gasteiger partial charge in [-0.2, -0.15) is 13.8 Å². The summed E-state index contributed by atoms with van der Waals surface area (Å²) < 4.78 is 60.7. The zero-order valence-electron chi connectivity index (χ0n) is 22.1. The number of amides is 1. The summed E-state index contributed by atoms with van der Waals surface area (Å²) >= 11 is 0. The number of hydrogen-bond donors (Lipinski definition) is 2. The largest absolute Gasteiger partial charge is 0.507 e. The summed E-state index contributed by atoms with van der Waals surface area (Å²) in [5.41, 5.74) is -3.52. The molecule has 10 nitrogen and oxygen atoms in total. The zero-order valence-corrected chi connectivity index (χ0v) is 22.1. The maximum absolute atomic E-state index is 15.7. The number of carbonyl (C=O) groups is 1. The standard InChI is InChI=1S/C27H24F4N6O4/c1-13-7-8-32-22(27(3,30)31)21(13)37-24-15(11-17(29)20(33-24)19-16(28)5-4-6-18(19)38)23(34-25(37)39)36-10-9-35(26(40)41)12-14(36)2/h4-8,11,14,38H,9-10,12H2,1-3H3,(H,40,41)/t14-/m0/s1. The Bertz CT molecular complexity index is 1740. The number of hydrogen-bond acceptors (Lipinski definition) is 7. The minimum absolute atomic E-state index is 0.0482. The highest BCUT2D eigenvalue weighted by molar-refractivity contribution is 5.91. The Hall–Kier alpha value is -4.75. The molecule has 1 atom stereocenters. The van der Waals surface area contributed by atoms with E-state index < -0.39 is 58.1 Å². The number of aromatic hydroxyl groups is 1. The molecule has 1 saturated heterocycles. The van der Waals surface area contributed by atoms with Gasteiger partial charge in [0, 0.05) is 38.8 Å². The molecule has 0 spiro atoms. The lowest BCUT2D eigenvalue weighted by molar-refractivity contribution is 0.0127. The molecule has 0 unspecified atom stereocenters. The first-order chi connectivity index (χ1) is 19.3. The van der Waals surface area contributed by atoms with Gasteiger partial charge in [0.05, 0.1) is 16.6 Å². The summed E-state index contributed by atoms with van der Waals surface area (Å²) in [6, 6.07) is 5.14. The van der Waals surface area contributed by atoms with Crippen LogP contribution < -0.4 is 10.6 Å². The third-order valence-electron chi connectivity index (χ3n) is 6.97. The van der Waals surface area contributed by atoms with Gasteiger partial charge in [0.2, 0.25) is 0 Å². The number of anilines is 1. The Morgan fingerprint density at radius 3 is 2.49 bits per heavy atom. The quantitative estimate of drug-likeness (QED) is 0.344. The molecule has 214 valence electrons. The predicted octanol–water partition coefficient (Wildman–Crippen LogP) is 4.44. The van der Waals surface area contributed by atoms with Crippen LogP contribution in [0.4, 0.5) is 28.2 Å². The number of rotatable bonds is 4. The van der Waals surface area contributed by atoms with Crippen molar-refractivity contribution >= 4 is 22.9 Å². The molecule has 14 heteroatoms. The van der Waals surface area contributed by atoms with E-state index in [0.29, 0.717) is 6.92 Å². The van der Waals surface area contributed by atoms with Crippen molar-refractivity contribution < 1.29 is 32.6 Å². The second-order valence-corrected chi connectivity index (χ2v) is 9.86. The molecule has 3 aromatic heterocycles. The number of aryl methyl sites for hydroxylation is 1. The van der Waals surface area contributed by atoms with Gasteiger partial charge in [-0.3, -0.25) is 4.98 Å². The topological polar surface area (TPSA) is 125 Å². The molecule has 0 aliphatic carbocycles. The van der Waals surface area contributed by atoms with Crippen LogP contribution in [0.15, 0.2) is 41.3 Å². The van der Waals surface area contributed by atoms with Crippen molar-refractivity contribution in [2.75, 3.05) is 24.5 Å². The van der Waals surface area contributed by atoms with Gasteiger partial charge < -0.3 is 20.0 Å². The van der Waals surface area contributed by atoms with Crippen LogP contribution in [-0.2, 0) is 5.92 Å². The van der Waals surface area contributed by atoms with Crippen LogP contribution in [0.3, 0.4) is 0 Å². The minimum Gasteiger partial charge on any atom is -0.507 e. The van der Waals surface area contributed by atoms with Crippen molar-refractivity contribution in [2.45, 2.75) is 32.7 Å². The lowest BCUT2D eigenvalue weighted by Gasteiger charge is -2.39. The fourth-order valence-corrected chi connectivity index (χ4v) is 5.05. The smallest absolute Gasteiger partial charge is 0.407 e. The van der Waals surface area contributed by atoms with E-state index in [-0.39, 0.29) is 47.7 Å². The summed E-state index contributed by atoms with van der Waals surface area (Å²) in [5.74, 6) is -6.28. The fraction of sp³-hybridized carbons (Fsp3) is 0.296. The third kappa shape index (κ3) is 4.78. The second-order valence-electron chi connectivity index (χ2n) is 9.86. The molecule has 4 heterocycles. The van der Waals surface area contributed by atoms with Crippen molar-refractivity contribution in [3.8, 4) is 22.7 Å². The van der Waals surface area contributed by atoms with Crippen LogP contribution in [0.1, 0.15) is 25.1 Å². The van der Waals surface area contributed by atoms with Gasteiger partial charge in [0.1, 0.15) is 28.8 Å². The molecule has 4 aromatic rings. The zero-order chi connectivity index (χ0) is 29.8. The van der Waals surface area contributed by atoms with E-state index in [1.807, 2.05) is 0 Å². The van der Waals surface area contributed by atoms with Gasteiger partial charge in [-0.1, -0.05) is 6.07 Å². The lowest BCUT2D eigenvalue weighted by atomic mass is 10.1. The molecule has 41 heavy (non-hydrogen) atoms. The van der Waals surface area contributed by atoms with E-state index in [0.717, 1.165) is 29.0 Å². The summed E-state index contributed by atoms with van der Waals surface area (Å²) in [4.78, 5) is 40.1. The SMILES string of the molecule is Cc1ccnc(C(C)(F)F)c1-n1c(=O)nc(N2CCN(C(=O)O)C[C@@H]2C)c2cc(F)c(-c3c(O)cccc3F)nc21. The van der Waals surface area contributed by atoms with Crippen LogP contribution in [-0.4, -0.2) is 66.4 Å². The van der Waals surface area contributed by atoms with Crippen molar-refractivity contribution in [1.29, 1.82) is 0 Å². The number of pyridine rings is 2. The molecule has 1 aromatic carbocycles. The number of fused-ring (bicyclic) bond motifs is 1. The van der Waals surface area contributed by atoms with Crippen molar-refractivity contribution in [3.63, 3.8) is 0 Å². The van der Waals surface area contributed by atoms with Gasteiger partial charge in [-0.25, -0.2) is 27.9 Å². The predicted molar refractivity (Wildman–Crippen MR) is 141 cm³/mol. The van der Waals surface area contributed by atoms with E-state index in [9.17, 15) is 33.0 Å². The first-order valence-electron chi connectivity index (χ1n) is 12.5. The molecule has 5 rings (SSSR count). The molecule has 0 bridgehead atoms. The van der Waals surface area contributed by atoms with Crippen molar-refractivity contribution in [3.05, 3.63) is 69.9 Å².